The first-order valence-electron chi connectivity index (χ1n) is 9.82. The number of halogens is 2. The first-order chi connectivity index (χ1) is 14.5. The molecular weight excluding hydrogens is 441 g/mol. The summed E-state index contributed by atoms with van der Waals surface area (Å²) in [6, 6.07) is 11.1. The van der Waals surface area contributed by atoms with Crippen LogP contribution in [0.2, 0.25) is 5.02 Å². The average Bonchev–Trinajstić information content (AvgIpc) is 2.68. The van der Waals surface area contributed by atoms with Crippen LogP contribution in [0.1, 0.15) is 32.4 Å². The lowest BCUT2D eigenvalue weighted by atomic mass is 10.1. The standard InChI is InChI=1S/C22H25ClFN3O3S/c1-13(2)12-27(31(4,29)30)17-7-5-6-16(11-17)25-14(3)18-10-15-8-9-19(24)20(23)21(15)26-22(18)28/h5-11,13-14,25H,12H2,1-4H3,(H,26,28)/t14-/m0/s1. The third kappa shape index (κ3) is 5.19. The topological polar surface area (TPSA) is 82.3 Å². The molecule has 0 spiro atoms. The third-order valence-corrected chi connectivity index (χ3v) is 6.38. The van der Waals surface area contributed by atoms with E-state index in [9.17, 15) is 17.6 Å². The van der Waals surface area contributed by atoms with Gasteiger partial charge in [-0.05, 0) is 49.2 Å². The highest BCUT2D eigenvalue weighted by Crippen LogP contribution is 2.28. The average molecular weight is 466 g/mol. The quantitative estimate of drug-likeness (QED) is 0.519. The molecule has 1 heterocycles. The SMILES string of the molecule is CC(C)CN(c1cccc(N[C@@H](C)c2cc3ccc(F)c(Cl)c3[nH]c2=O)c1)S(C)(=O)=O. The second kappa shape index (κ2) is 8.88. The molecule has 9 heteroatoms. The Kier molecular flexibility index (Phi) is 6.62. The van der Waals surface area contributed by atoms with Gasteiger partial charge in [-0.1, -0.05) is 31.5 Å². The van der Waals surface area contributed by atoms with E-state index in [-0.39, 0.29) is 22.0 Å². The number of anilines is 2. The van der Waals surface area contributed by atoms with Crippen molar-refractivity contribution in [2.75, 3.05) is 22.4 Å². The Hall–Kier alpha value is -2.58. The normalized spacial score (nSPS) is 12.9. The van der Waals surface area contributed by atoms with Gasteiger partial charge in [0.15, 0.2) is 0 Å². The highest BCUT2D eigenvalue weighted by Gasteiger charge is 2.20. The lowest BCUT2D eigenvalue weighted by molar-refractivity contribution is 0.583. The Morgan fingerprint density at radius 3 is 2.52 bits per heavy atom. The van der Waals surface area contributed by atoms with Crippen LogP contribution in [0.25, 0.3) is 10.9 Å². The van der Waals surface area contributed by atoms with Gasteiger partial charge < -0.3 is 10.3 Å². The summed E-state index contributed by atoms with van der Waals surface area (Å²) in [5.41, 5.74) is 1.53. The molecule has 0 saturated heterocycles. The van der Waals surface area contributed by atoms with Crippen LogP contribution in [0.15, 0.2) is 47.3 Å². The molecule has 0 amide bonds. The van der Waals surface area contributed by atoms with E-state index in [0.717, 1.165) is 0 Å². The predicted octanol–water partition coefficient (Wildman–Crippen LogP) is 4.92. The first kappa shape index (κ1) is 23.1. The van der Waals surface area contributed by atoms with Crippen molar-refractivity contribution in [1.82, 2.24) is 4.98 Å². The van der Waals surface area contributed by atoms with Gasteiger partial charge in [0, 0.05) is 23.2 Å². The molecule has 3 rings (SSSR count). The van der Waals surface area contributed by atoms with Crippen LogP contribution in [0.3, 0.4) is 0 Å². The molecule has 31 heavy (non-hydrogen) atoms. The summed E-state index contributed by atoms with van der Waals surface area (Å²) < 4.78 is 39.6. The van der Waals surface area contributed by atoms with Gasteiger partial charge in [0.2, 0.25) is 10.0 Å². The summed E-state index contributed by atoms with van der Waals surface area (Å²) in [5, 5.41) is 3.73. The lowest BCUT2D eigenvalue weighted by Gasteiger charge is -2.25. The highest BCUT2D eigenvalue weighted by molar-refractivity contribution is 7.92. The fourth-order valence-corrected chi connectivity index (χ4v) is 4.68. The molecule has 0 bridgehead atoms. The molecule has 0 fully saturated rings. The largest absolute Gasteiger partial charge is 0.378 e. The zero-order valence-corrected chi connectivity index (χ0v) is 19.3. The van der Waals surface area contributed by atoms with Gasteiger partial charge in [-0.25, -0.2) is 12.8 Å². The van der Waals surface area contributed by atoms with Crippen molar-refractivity contribution < 1.29 is 12.8 Å². The van der Waals surface area contributed by atoms with Gasteiger partial charge >= 0.3 is 0 Å². The van der Waals surface area contributed by atoms with Crippen LogP contribution in [-0.4, -0.2) is 26.2 Å². The fraction of sp³-hybridized carbons (Fsp3) is 0.318. The summed E-state index contributed by atoms with van der Waals surface area (Å²) in [4.78, 5) is 15.2. The maximum absolute atomic E-state index is 13.7. The van der Waals surface area contributed by atoms with Crippen molar-refractivity contribution in [2.24, 2.45) is 5.92 Å². The predicted molar refractivity (Wildman–Crippen MR) is 125 cm³/mol. The number of benzene rings is 2. The van der Waals surface area contributed by atoms with E-state index in [0.29, 0.717) is 28.9 Å². The van der Waals surface area contributed by atoms with Gasteiger partial charge in [0.25, 0.3) is 5.56 Å². The highest BCUT2D eigenvalue weighted by atomic mass is 35.5. The molecule has 0 aliphatic carbocycles. The Labute approximate surface area is 186 Å². The number of rotatable bonds is 7. The number of sulfonamides is 1. The van der Waals surface area contributed by atoms with Gasteiger partial charge in [-0.3, -0.25) is 9.10 Å². The van der Waals surface area contributed by atoms with Gasteiger partial charge in [-0.15, -0.1) is 0 Å². The molecule has 2 N–H and O–H groups in total. The van der Waals surface area contributed by atoms with E-state index in [1.807, 2.05) is 20.8 Å². The molecular formula is C22H25ClFN3O3S. The Morgan fingerprint density at radius 1 is 1.16 bits per heavy atom. The third-order valence-electron chi connectivity index (χ3n) is 4.85. The summed E-state index contributed by atoms with van der Waals surface area (Å²) in [6.07, 6.45) is 1.18. The zero-order valence-electron chi connectivity index (χ0n) is 17.7. The van der Waals surface area contributed by atoms with Crippen LogP contribution >= 0.6 is 11.6 Å². The smallest absolute Gasteiger partial charge is 0.253 e. The number of aromatic nitrogens is 1. The van der Waals surface area contributed by atoms with Gasteiger partial charge in [0.05, 0.1) is 23.5 Å². The van der Waals surface area contributed by atoms with Crippen molar-refractivity contribution in [3.8, 4) is 0 Å². The molecule has 0 aliphatic rings. The summed E-state index contributed by atoms with van der Waals surface area (Å²) >= 11 is 5.96. The van der Waals surface area contributed by atoms with E-state index in [1.54, 1.807) is 36.4 Å². The minimum atomic E-state index is -3.44. The van der Waals surface area contributed by atoms with E-state index in [1.165, 1.54) is 16.6 Å². The lowest BCUT2D eigenvalue weighted by Crippen LogP contribution is -2.33. The first-order valence-corrected chi connectivity index (χ1v) is 12.0. The molecule has 0 aliphatic heterocycles. The molecule has 0 radical (unpaired) electrons. The van der Waals surface area contributed by atoms with Crippen LogP contribution < -0.4 is 15.2 Å². The zero-order chi connectivity index (χ0) is 22.9. The molecule has 0 unspecified atom stereocenters. The van der Waals surface area contributed by atoms with Crippen LogP contribution in [0, 0.1) is 11.7 Å². The summed E-state index contributed by atoms with van der Waals surface area (Å²) in [5.74, 6) is -0.449. The van der Waals surface area contributed by atoms with Crippen LogP contribution in [0.5, 0.6) is 0 Å². The minimum absolute atomic E-state index is 0.125. The van der Waals surface area contributed by atoms with E-state index >= 15 is 0 Å². The fourth-order valence-electron chi connectivity index (χ4n) is 3.40. The molecule has 2 aromatic carbocycles. The molecule has 6 nitrogen and oxygen atoms in total. The molecule has 3 aromatic rings. The molecule has 1 atom stereocenters. The van der Waals surface area contributed by atoms with Crippen LogP contribution in [0.4, 0.5) is 15.8 Å². The molecule has 166 valence electrons. The van der Waals surface area contributed by atoms with Crippen LogP contribution in [-0.2, 0) is 10.0 Å². The number of hydrogen-bond donors (Lipinski definition) is 2. The number of nitrogens with one attached hydrogen (secondary N) is 2. The van der Waals surface area contributed by atoms with Gasteiger partial charge in [-0.2, -0.15) is 0 Å². The molecule has 1 aromatic heterocycles. The summed E-state index contributed by atoms with van der Waals surface area (Å²) in [7, 11) is -3.44. The number of aromatic amines is 1. The minimum Gasteiger partial charge on any atom is -0.378 e. The van der Waals surface area contributed by atoms with Crippen molar-refractivity contribution in [3.05, 3.63) is 69.2 Å². The number of H-pyrrole nitrogens is 1. The number of pyridine rings is 1. The Balaban J connectivity index is 1.93. The van der Waals surface area contributed by atoms with E-state index < -0.39 is 21.9 Å². The summed E-state index contributed by atoms with van der Waals surface area (Å²) in [6.45, 7) is 6.08. The molecule has 0 saturated carbocycles. The second-order valence-corrected chi connectivity index (χ2v) is 10.3. The Morgan fingerprint density at radius 2 is 1.87 bits per heavy atom. The van der Waals surface area contributed by atoms with Crippen molar-refractivity contribution in [3.63, 3.8) is 0 Å². The number of hydrogen-bond acceptors (Lipinski definition) is 4. The maximum Gasteiger partial charge on any atom is 0.253 e. The second-order valence-electron chi connectivity index (χ2n) is 7.98. The van der Waals surface area contributed by atoms with Gasteiger partial charge in [0.1, 0.15) is 10.8 Å². The van der Waals surface area contributed by atoms with Crippen molar-refractivity contribution in [1.29, 1.82) is 0 Å². The number of nitrogens with zero attached hydrogens (tertiary/aromatic N) is 1. The Bertz CT molecular complexity index is 1270. The van der Waals surface area contributed by atoms with Crippen molar-refractivity contribution >= 4 is 43.9 Å². The maximum atomic E-state index is 13.7. The monoisotopic (exact) mass is 465 g/mol. The van der Waals surface area contributed by atoms with E-state index in [4.69, 9.17) is 11.6 Å². The van der Waals surface area contributed by atoms with Crippen molar-refractivity contribution in [2.45, 2.75) is 26.8 Å². The number of fused-ring (bicyclic) bond motifs is 1. The van der Waals surface area contributed by atoms with E-state index in [2.05, 4.69) is 10.3 Å².